The molecule has 1 aromatic carbocycles. The summed E-state index contributed by atoms with van der Waals surface area (Å²) in [5, 5.41) is 4.73. The lowest BCUT2D eigenvalue weighted by atomic mass is 10.1. The molecule has 0 radical (unpaired) electrons. The molecule has 1 unspecified atom stereocenters. The van der Waals surface area contributed by atoms with E-state index in [-0.39, 0.29) is 23.9 Å². The highest BCUT2D eigenvalue weighted by molar-refractivity contribution is 7.18. The number of aryl methyl sites for hydroxylation is 3. The van der Waals surface area contributed by atoms with Crippen molar-refractivity contribution in [3.05, 3.63) is 60.4 Å². The lowest BCUT2D eigenvalue weighted by Gasteiger charge is -2.16. The lowest BCUT2D eigenvalue weighted by molar-refractivity contribution is -0.121. The SMILES string of the molecule is CC(NC(=O)CCc1nc2sc3c(c2c(=O)[nH]1)CCC3)c1ccc(Cl)cc1Cl. The van der Waals surface area contributed by atoms with Crippen molar-refractivity contribution in [2.45, 2.75) is 45.1 Å². The number of hydrogen-bond donors (Lipinski definition) is 2. The molecule has 146 valence electrons. The van der Waals surface area contributed by atoms with Crippen LogP contribution in [0.15, 0.2) is 23.0 Å². The van der Waals surface area contributed by atoms with Gasteiger partial charge in [0, 0.05) is 27.8 Å². The molecule has 0 aliphatic heterocycles. The Morgan fingerprint density at radius 2 is 2.18 bits per heavy atom. The number of carbonyl (C=O) groups is 1. The minimum Gasteiger partial charge on any atom is -0.350 e. The van der Waals surface area contributed by atoms with E-state index in [1.807, 2.05) is 6.92 Å². The maximum Gasteiger partial charge on any atom is 0.259 e. The lowest BCUT2D eigenvalue weighted by Crippen LogP contribution is -2.27. The van der Waals surface area contributed by atoms with Gasteiger partial charge in [0.2, 0.25) is 5.91 Å². The highest BCUT2D eigenvalue weighted by atomic mass is 35.5. The number of benzene rings is 1. The summed E-state index contributed by atoms with van der Waals surface area (Å²) in [6, 6.07) is 4.96. The molecule has 0 fully saturated rings. The Bertz CT molecular complexity index is 1120. The van der Waals surface area contributed by atoms with Crippen LogP contribution in [0.25, 0.3) is 10.2 Å². The minimum absolute atomic E-state index is 0.0962. The average Bonchev–Trinajstić information content (AvgIpc) is 3.20. The van der Waals surface area contributed by atoms with Crippen molar-refractivity contribution in [1.29, 1.82) is 0 Å². The fourth-order valence-corrected chi connectivity index (χ4v) is 5.49. The second-order valence-corrected chi connectivity index (χ2v) is 8.93. The van der Waals surface area contributed by atoms with Gasteiger partial charge in [0.25, 0.3) is 5.56 Å². The Kier molecular flexibility index (Phi) is 5.45. The van der Waals surface area contributed by atoms with E-state index in [2.05, 4.69) is 15.3 Å². The van der Waals surface area contributed by atoms with Gasteiger partial charge in [0.15, 0.2) is 0 Å². The first-order valence-electron chi connectivity index (χ1n) is 9.20. The molecule has 28 heavy (non-hydrogen) atoms. The fourth-order valence-electron chi connectivity index (χ4n) is 3.64. The fraction of sp³-hybridized carbons (Fsp3) is 0.350. The van der Waals surface area contributed by atoms with Crippen LogP contribution in [0, 0.1) is 0 Å². The second-order valence-electron chi connectivity index (χ2n) is 7.01. The number of nitrogens with one attached hydrogen (secondary N) is 2. The molecule has 0 spiro atoms. The van der Waals surface area contributed by atoms with Gasteiger partial charge in [0.05, 0.1) is 11.4 Å². The quantitative estimate of drug-likeness (QED) is 0.615. The van der Waals surface area contributed by atoms with Crippen LogP contribution < -0.4 is 10.9 Å². The van der Waals surface area contributed by atoms with Crippen molar-refractivity contribution >= 4 is 50.7 Å². The smallest absolute Gasteiger partial charge is 0.259 e. The molecule has 1 amide bonds. The van der Waals surface area contributed by atoms with E-state index >= 15 is 0 Å². The summed E-state index contributed by atoms with van der Waals surface area (Å²) in [6.07, 6.45) is 3.69. The summed E-state index contributed by atoms with van der Waals surface area (Å²) in [5.41, 5.74) is 1.87. The first kappa shape index (κ1) is 19.4. The third-order valence-corrected chi connectivity index (χ3v) is 6.77. The Labute approximate surface area is 176 Å². The summed E-state index contributed by atoms with van der Waals surface area (Å²) < 4.78 is 0. The summed E-state index contributed by atoms with van der Waals surface area (Å²) in [5.74, 6) is 0.416. The number of nitrogens with zero attached hydrogens (tertiary/aromatic N) is 1. The molecular weight excluding hydrogens is 417 g/mol. The number of hydrogen-bond acceptors (Lipinski definition) is 4. The number of aromatic nitrogens is 2. The molecule has 0 bridgehead atoms. The van der Waals surface area contributed by atoms with Crippen LogP contribution in [0.4, 0.5) is 0 Å². The molecule has 2 aromatic heterocycles. The molecule has 2 N–H and O–H groups in total. The molecule has 0 saturated heterocycles. The van der Waals surface area contributed by atoms with Crippen molar-refractivity contribution in [3.63, 3.8) is 0 Å². The predicted molar refractivity (Wildman–Crippen MR) is 114 cm³/mol. The van der Waals surface area contributed by atoms with Crippen LogP contribution in [0.2, 0.25) is 10.0 Å². The van der Waals surface area contributed by atoms with E-state index < -0.39 is 0 Å². The third-order valence-electron chi connectivity index (χ3n) is 5.02. The van der Waals surface area contributed by atoms with E-state index in [1.54, 1.807) is 29.5 Å². The summed E-state index contributed by atoms with van der Waals surface area (Å²) in [7, 11) is 0. The molecule has 1 atom stereocenters. The molecule has 4 rings (SSSR count). The number of fused-ring (bicyclic) bond motifs is 3. The maximum absolute atomic E-state index is 12.5. The highest BCUT2D eigenvalue weighted by Crippen LogP contribution is 2.34. The Morgan fingerprint density at radius 3 is 2.96 bits per heavy atom. The average molecular weight is 436 g/mol. The molecule has 0 saturated carbocycles. The van der Waals surface area contributed by atoms with Crippen molar-refractivity contribution < 1.29 is 4.79 Å². The van der Waals surface area contributed by atoms with Gasteiger partial charge in [-0.05, 0) is 49.4 Å². The Morgan fingerprint density at radius 1 is 1.36 bits per heavy atom. The van der Waals surface area contributed by atoms with Crippen LogP contribution in [0.3, 0.4) is 0 Å². The van der Waals surface area contributed by atoms with E-state index in [0.717, 1.165) is 40.6 Å². The van der Waals surface area contributed by atoms with Gasteiger partial charge in [0.1, 0.15) is 10.7 Å². The number of H-pyrrole nitrogens is 1. The Hall–Kier alpha value is -1.89. The van der Waals surface area contributed by atoms with Gasteiger partial charge in [-0.15, -0.1) is 11.3 Å². The minimum atomic E-state index is -0.243. The zero-order chi connectivity index (χ0) is 19.8. The van der Waals surface area contributed by atoms with Crippen molar-refractivity contribution in [2.24, 2.45) is 0 Å². The molecule has 1 aliphatic carbocycles. The first-order chi connectivity index (χ1) is 13.4. The van der Waals surface area contributed by atoms with Gasteiger partial charge >= 0.3 is 0 Å². The molecule has 8 heteroatoms. The number of rotatable bonds is 5. The third kappa shape index (κ3) is 3.81. The largest absolute Gasteiger partial charge is 0.350 e. The van der Waals surface area contributed by atoms with E-state index in [9.17, 15) is 9.59 Å². The summed E-state index contributed by atoms with van der Waals surface area (Å²) in [4.78, 5) is 34.3. The highest BCUT2D eigenvalue weighted by Gasteiger charge is 2.21. The molecule has 1 aliphatic rings. The van der Waals surface area contributed by atoms with E-state index in [0.29, 0.717) is 22.3 Å². The molecule has 2 heterocycles. The number of amides is 1. The zero-order valence-electron chi connectivity index (χ0n) is 15.3. The van der Waals surface area contributed by atoms with Gasteiger partial charge in [-0.1, -0.05) is 29.3 Å². The predicted octanol–water partition coefficient (Wildman–Crippen LogP) is 4.59. The molecule has 5 nitrogen and oxygen atoms in total. The van der Waals surface area contributed by atoms with Crippen LogP contribution in [0.5, 0.6) is 0 Å². The van der Waals surface area contributed by atoms with Crippen LogP contribution in [-0.2, 0) is 24.1 Å². The topological polar surface area (TPSA) is 74.8 Å². The number of aromatic amines is 1. The van der Waals surface area contributed by atoms with Crippen molar-refractivity contribution in [3.8, 4) is 0 Å². The van der Waals surface area contributed by atoms with Gasteiger partial charge in [-0.3, -0.25) is 9.59 Å². The van der Waals surface area contributed by atoms with E-state index in [1.165, 1.54) is 4.88 Å². The zero-order valence-corrected chi connectivity index (χ0v) is 17.6. The monoisotopic (exact) mass is 435 g/mol. The standard InChI is InChI=1S/C20H19Cl2N3O2S/c1-10(12-6-5-11(21)9-14(12)22)23-17(26)8-7-16-24-19(27)18-13-3-2-4-15(13)28-20(18)25-16/h5-6,9-10H,2-4,7-8H2,1H3,(H,23,26)(H,24,25,27). The van der Waals surface area contributed by atoms with Crippen molar-refractivity contribution in [2.75, 3.05) is 0 Å². The van der Waals surface area contributed by atoms with Gasteiger partial charge < -0.3 is 10.3 Å². The molecule has 3 aromatic rings. The van der Waals surface area contributed by atoms with Crippen LogP contribution in [-0.4, -0.2) is 15.9 Å². The number of halogens is 2. The number of thiophene rings is 1. The van der Waals surface area contributed by atoms with E-state index in [4.69, 9.17) is 23.2 Å². The van der Waals surface area contributed by atoms with Crippen LogP contribution >= 0.6 is 34.5 Å². The van der Waals surface area contributed by atoms with Gasteiger partial charge in [-0.25, -0.2) is 4.98 Å². The summed E-state index contributed by atoms with van der Waals surface area (Å²) >= 11 is 13.7. The number of carbonyl (C=O) groups excluding carboxylic acids is 1. The maximum atomic E-state index is 12.5. The van der Waals surface area contributed by atoms with Crippen molar-refractivity contribution in [1.82, 2.24) is 15.3 Å². The normalized spacial score (nSPS) is 14.2. The Balaban J connectivity index is 1.43. The summed E-state index contributed by atoms with van der Waals surface area (Å²) in [6.45, 7) is 1.87. The van der Waals surface area contributed by atoms with Gasteiger partial charge in [-0.2, -0.15) is 0 Å². The second kappa shape index (κ2) is 7.85. The van der Waals surface area contributed by atoms with Crippen LogP contribution in [0.1, 0.15) is 47.6 Å². The molecular formula is C20H19Cl2N3O2S. The first-order valence-corrected chi connectivity index (χ1v) is 10.8.